The zero-order chi connectivity index (χ0) is 27.0. The van der Waals surface area contributed by atoms with Gasteiger partial charge in [0.1, 0.15) is 34.6 Å². The third kappa shape index (κ3) is 4.48. The van der Waals surface area contributed by atoms with Gasteiger partial charge in [-0.2, -0.15) is 5.10 Å². The van der Waals surface area contributed by atoms with Crippen LogP contribution in [0.25, 0.3) is 20.7 Å². The second-order valence-electron chi connectivity index (χ2n) is 8.71. The number of ether oxygens (including phenoxy) is 1. The predicted molar refractivity (Wildman–Crippen MR) is 138 cm³/mol. The lowest BCUT2D eigenvalue weighted by atomic mass is 9.86. The van der Waals surface area contributed by atoms with Crippen molar-refractivity contribution in [3.05, 3.63) is 101 Å². The Bertz CT molecular complexity index is 1680. The summed E-state index contributed by atoms with van der Waals surface area (Å²) in [7, 11) is 1.43. The first-order chi connectivity index (χ1) is 18.2. The summed E-state index contributed by atoms with van der Waals surface area (Å²) in [5, 5.41) is 23.7. The van der Waals surface area contributed by atoms with Gasteiger partial charge >= 0.3 is 0 Å². The van der Waals surface area contributed by atoms with E-state index in [9.17, 15) is 18.7 Å². The largest absolute Gasteiger partial charge is 0.481 e. The number of methoxy groups -OCH3 is 1. The summed E-state index contributed by atoms with van der Waals surface area (Å²) < 4.78 is 36.4. The maximum Gasteiger partial charge on any atom is 0.271 e. The van der Waals surface area contributed by atoms with Gasteiger partial charge in [0.25, 0.3) is 5.56 Å². The molecule has 3 heterocycles. The Kier molecular flexibility index (Phi) is 6.59. The second-order valence-corrected chi connectivity index (χ2v) is 9.76. The molecule has 0 aliphatic carbocycles. The molecule has 0 radical (unpaired) electrons. The van der Waals surface area contributed by atoms with Crippen LogP contribution in [0.1, 0.15) is 24.1 Å². The fraction of sp³-hybridized carbons (Fsp3) is 0.192. The molecule has 194 valence electrons. The van der Waals surface area contributed by atoms with Gasteiger partial charge in [-0.05, 0) is 36.8 Å². The number of rotatable bonds is 7. The summed E-state index contributed by atoms with van der Waals surface area (Å²) in [6.07, 6.45) is 3.93. The summed E-state index contributed by atoms with van der Waals surface area (Å²) in [5.41, 5.74) is -0.701. The molecule has 0 aliphatic rings. The number of nitrogens with one attached hydrogen (secondary N) is 1. The lowest BCUT2D eigenvalue weighted by Gasteiger charge is -2.35. The predicted octanol–water partition coefficient (Wildman–Crippen LogP) is 4.12. The molecular weight excluding hydrogens is 514 g/mol. The molecule has 2 unspecified atom stereocenters. The van der Waals surface area contributed by atoms with Crippen molar-refractivity contribution in [1.82, 2.24) is 24.3 Å². The standard InChI is InChI=1S/C26H22F2N6O3S/c1-15(26(36,11-33-13-30-12-32-33)19-8-7-18(27)9-20(19)28)34-14-31-21-10-22(38-23(21)25(34)35)16-3-5-17(6-4-16)24(29)37-2/h3-10,12-15,29,36H,11H2,1-2H3. The first-order valence-electron chi connectivity index (χ1n) is 11.5. The van der Waals surface area contributed by atoms with Crippen molar-refractivity contribution in [1.29, 1.82) is 5.41 Å². The highest BCUT2D eigenvalue weighted by Gasteiger charge is 2.41. The highest BCUT2D eigenvalue weighted by Crippen LogP contribution is 2.37. The van der Waals surface area contributed by atoms with Crippen molar-refractivity contribution in [2.24, 2.45) is 0 Å². The fourth-order valence-corrected chi connectivity index (χ4v) is 5.37. The maximum atomic E-state index is 14.9. The average molecular weight is 537 g/mol. The molecule has 5 rings (SSSR count). The zero-order valence-electron chi connectivity index (χ0n) is 20.3. The second kappa shape index (κ2) is 9.88. The molecule has 0 saturated heterocycles. The smallest absolute Gasteiger partial charge is 0.271 e. The van der Waals surface area contributed by atoms with Gasteiger partial charge < -0.3 is 9.84 Å². The number of benzene rings is 2. The number of hydrogen-bond donors (Lipinski definition) is 2. The van der Waals surface area contributed by atoms with Crippen LogP contribution >= 0.6 is 11.3 Å². The van der Waals surface area contributed by atoms with Gasteiger partial charge in [0, 0.05) is 22.1 Å². The van der Waals surface area contributed by atoms with Crippen molar-refractivity contribution in [2.45, 2.75) is 25.1 Å². The Morgan fingerprint density at radius 1 is 1.18 bits per heavy atom. The highest BCUT2D eigenvalue weighted by atomic mass is 32.1. The molecule has 2 aromatic carbocycles. The summed E-state index contributed by atoms with van der Waals surface area (Å²) >= 11 is 1.23. The summed E-state index contributed by atoms with van der Waals surface area (Å²) in [6, 6.07) is 10.8. The van der Waals surface area contributed by atoms with E-state index in [0.717, 1.165) is 22.6 Å². The minimum atomic E-state index is -2.01. The summed E-state index contributed by atoms with van der Waals surface area (Å²) in [6.45, 7) is 1.31. The third-order valence-corrected chi connectivity index (χ3v) is 7.64. The number of hydrogen-bond acceptors (Lipinski definition) is 8. The molecule has 9 nitrogen and oxygen atoms in total. The van der Waals surface area contributed by atoms with Gasteiger partial charge in [-0.1, -0.05) is 18.2 Å². The Labute approximate surface area is 219 Å². The molecule has 38 heavy (non-hydrogen) atoms. The lowest BCUT2D eigenvalue weighted by molar-refractivity contribution is -0.0343. The molecule has 3 aromatic heterocycles. The molecule has 0 saturated carbocycles. The lowest BCUT2D eigenvalue weighted by Crippen LogP contribution is -2.43. The van der Waals surface area contributed by atoms with E-state index in [0.29, 0.717) is 21.8 Å². The minimum absolute atomic E-state index is 0.0439. The van der Waals surface area contributed by atoms with E-state index in [4.69, 9.17) is 10.1 Å². The molecule has 0 aliphatic heterocycles. The summed E-state index contributed by atoms with van der Waals surface area (Å²) in [5.74, 6) is -1.70. The van der Waals surface area contributed by atoms with Crippen LogP contribution in [-0.4, -0.2) is 42.4 Å². The average Bonchev–Trinajstić information content (AvgIpc) is 3.58. The third-order valence-electron chi connectivity index (χ3n) is 6.47. The van der Waals surface area contributed by atoms with Crippen LogP contribution in [0.5, 0.6) is 0 Å². The highest BCUT2D eigenvalue weighted by molar-refractivity contribution is 7.22. The van der Waals surface area contributed by atoms with Crippen molar-refractivity contribution >= 4 is 27.5 Å². The van der Waals surface area contributed by atoms with Crippen molar-refractivity contribution in [2.75, 3.05) is 7.11 Å². The Morgan fingerprint density at radius 3 is 2.61 bits per heavy atom. The van der Waals surface area contributed by atoms with E-state index in [1.165, 1.54) is 46.7 Å². The van der Waals surface area contributed by atoms with Gasteiger partial charge in [-0.15, -0.1) is 11.3 Å². The first-order valence-corrected chi connectivity index (χ1v) is 12.3. The van der Waals surface area contributed by atoms with Crippen LogP contribution in [0.3, 0.4) is 0 Å². The van der Waals surface area contributed by atoms with Crippen LogP contribution in [0, 0.1) is 17.0 Å². The molecule has 0 bridgehead atoms. The SMILES string of the molecule is COC(=N)c1ccc(-c2cc3ncn(C(C)C(O)(Cn4cncn4)c4ccc(F)cc4F)c(=O)c3s2)cc1. The molecule has 0 spiro atoms. The van der Waals surface area contributed by atoms with Gasteiger partial charge in [0.2, 0.25) is 5.90 Å². The first kappa shape index (κ1) is 25.4. The molecule has 0 fully saturated rings. The number of halogens is 2. The van der Waals surface area contributed by atoms with Gasteiger partial charge in [-0.3, -0.25) is 14.8 Å². The Hall–Kier alpha value is -4.29. The Morgan fingerprint density at radius 2 is 1.95 bits per heavy atom. The quantitative estimate of drug-likeness (QED) is 0.239. The molecular formula is C26H22F2N6O3S. The van der Waals surface area contributed by atoms with Gasteiger partial charge in [0.05, 0.1) is 31.5 Å². The number of thiophene rings is 1. The molecule has 12 heteroatoms. The summed E-state index contributed by atoms with van der Waals surface area (Å²) in [4.78, 5) is 22.7. The van der Waals surface area contributed by atoms with E-state index in [1.54, 1.807) is 25.1 Å². The van der Waals surface area contributed by atoms with E-state index in [-0.39, 0.29) is 18.0 Å². The minimum Gasteiger partial charge on any atom is -0.481 e. The van der Waals surface area contributed by atoms with Gasteiger partial charge in [-0.25, -0.2) is 23.4 Å². The Balaban J connectivity index is 1.57. The molecule has 2 N–H and O–H groups in total. The van der Waals surface area contributed by atoms with Crippen LogP contribution in [0.15, 0.2) is 72.3 Å². The van der Waals surface area contributed by atoms with E-state index in [1.807, 2.05) is 12.1 Å². The molecule has 5 aromatic rings. The monoisotopic (exact) mass is 536 g/mol. The molecule has 2 atom stereocenters. The van der Waals surface area contributed by atoms with Crippen LogP contribution in [0.4, 0.5) is 8.78 Å². The van der Waals surface area contributed by atoms with Crippen LogP contribution in [-0.2, 0) is 16.9 Å². The zero-order valence-corrected chi connectivity index (χ0v) is 21.1. The van der Waals surface area contributed by atoms with Crippen molar-refractivity contribution in [3.63, 3.8) is 0 Å². The van der Waals surface area contributed by atoms with Crippen molar-refractivity contribution < 1.29 is 18.6 Å². The van der Waals surface area contributed by atoms with Crippen molar-refractivity contribution in [3.8, 4) is 10.4 Å². The number of fused-ring (bicyclic) bond motifs is 1. The van der Waals surface area contributed by atoms with E-state index < -0.39 is 28.8 Å². The van der Waals surface area contributed by atoms with Gasteiger partial charge in [0.15, 0.2) is 0 Å². The van der Waals surface area contributed by atoms with Crippen LogP contribution < -0.4 is 5.56 Å². The number of aliphatic hydroxyl groups is 1. The maximum absolute atomic E-state index is 14.9. The number of nitrogens with zero attached hydrogens (tertiary/aromatic N) is 5. The van der Waals surface area contributed by atoms with E-state index in [2.05, 4.69) is 15.1 Å². The number of aromatic nitrogens is 5. The molecule has 0 amide bonds. The normalized spacial score (nSPS) is 13.8. The van der Waals surface area contributed by atoms with Crippen LogP contribution in [0.2, 0.25) is 0 Å². The topological polar surface area (TPSA) is 119 Å². The fourth-order valence-electron chi connectivity index (χ4n) is 4.32. The van der Waals surface area contributed by atoms with E-state index >= 15 is 0 Å².